The summed E-state index contributed by atoms with van der Waals surface area (Å²) in [5, 5.41) is 0. The molecule has 0 saturated heterocycles. The minimum absolute atomic E-state index is 0.212. The van der Waals surface area contributed by atoms with Crippen molar-refractivity contribution in [1.29, 1.82) is 0 Å². The summed E-state index contributed by atoms with van der Waals surface area (Å²) in [5.41, 5.74) is 0. The smallest absolute Gasteiger partial charge is 0.244 e. The van der Waals surface area contributed by atoms with Crippen LogP contribution >= 0.6 is 15.9 Å². The van der Waals surface area contributed by atoms with Crippen LogP contribution in [0.25, 0.3) is 0 Å². The number of pyridine rings is 1. The Morgan fingerprint density at radius 3 is 2.27 bits per heavy atom. The molecule has 142 valence electrons. The van der Waals surface area contributed by atoms with E-state index in [-0.39, 0.29) is 4.90 Å². The van der Waals surface area contributed by atoms with Crippen LogP contribution in [0.1, 0.15) is 13.8 Å². The molecule has 2 aromatic rings. The van der Waals surface area contributed by atoms with Crippen molar-refractivity contribution in [3.05, 3.63) is 47.1 Å². The number of aromatic nitrogens is 1. The first-order valence-electron chi connectivity index (χ1n) is 8.44. The molecule has 0 aliphatic carbocycles. The van der Waals surface area contributed by atoms with Crippen molar-refractivity contribution in [3.63, 3.8) is 0 Å². The van der Waals surface area contributed by atoms with Crippen LogP contribution in [0.5, 0.6) is 5.75 Å². The number of rotatable bonds is 9. The van der Waals surface area contributed by atoms with Gasteiger partial charge in [0.2, 0.25) is 10.0 Å². The van der Waals surface area contributed by atoms with Crippen molar-refractivity contribution < 1.29 is 13.2 Å². The van der Waals surface area contributed by atoms with Crippen LogP contribution in [0.15, 0.2) is 52.0 Å². The van der Waals surface area contributed by atoms with E-state index in [4.69, 9.17) is 4.74 Å². The number of hydrogen-bond acceptors (Lipinski definition) is 5. The maximum absolute atomic E-state index is 12.5. The molecule has 6 nitrogen and oxygen atoms in total. The van der Waals surface area contributed by atoms with Crippen LogP contribution in [-0.4, -0.2) is 51.0 Å². The molecule has 0 N–H and O–H groups in total. The van der Waals surface area contributed by atoms with Gasteiger partial charge in [-0.2, -0.15) is 4.31 Å². The third-order valence-corrected chi connectivity index (χ3v) is 6.53. The second-order valence-corrected chi connectivity index (χ2v) is 8.52. The number of anilines is 1. The largest absolute Gasteiger partial charge is 0.492 e. The zero-order chi connectivity index (χ0) is 19.2. The molecule has 0 spiro atoms. The summed E-state index contributed by atoms with van der Waals surface area (Å²) in [6.07, 6.45) is 1.41. The fraction of sp³-hybridized carbons (Fsp3) is 0.389. The molecule has 26 heavy (non-hydrogen) atoms. The highest BCUT2D eigenvalue weighted by molar-refractivity contribution is 9.10. The zero-order valence-corrected chi connectivity index (χ0v) is 17.6. The van der Waals surface area contributed by atoms with Gasteiger partial charge in [0.05, 0.1) is 6.54 Å². The summed E-state index contributed by atoms with van der Waals surface area (Å²) in [7, 11) is -1.58. The van der Waals surface area contributed by atoms with Gasteiger partial charge in [-0.05, 0) is 36.4 Å². The zero-order valence-electron chi connectivity index (χ0n) is 15.2. The van der Waals surface area contributed by atoms with Gasteiger partial charge in [0, 0.05) is 30.8 Å². The molecule has 2 rings (SSSR count). The first-order valence-corrected chi connectivity index (χ1v) is 10.7. The van der Waals surface area contributed by atoms with Crippen LogP contribution in [0, 0.1) is 0 Å². The molecule has 0 aliphatic heterocycles. The molecule has 0 unspecified atom stereocenters. The van der Waals surface area contributed by atoms with Crippen molar-refractivity contribution >= 4 is 31.8 Å². The Morgan fingerprint density at radius 2 is 1.73 bits per heavy atom. The van der Waals surface area contributed by atoms with Gasteiger partial charge in [0.1, 0.15) is 23.1 Å². The first kappa shape index (κ1) is 20.7. The summed E-state index contributed by atoms with van der Waals surface area (Å²) in [6, 6.07) is 11.0. The topological polar surface area (TPSA) is 62.7 Å². The molecular formula is C18H24BrN3O3S. The van der Waals surface area contributed by atoms with Crippen LogP contribution in [0.3, 0.4) is 0 Å². The molecule has 0 amide bonds. The normalized spacial score (nSPS) is 11.6. The molecule has 0 aliphatic rings. The predicted octanol–water partition coefficient (Wildman–Crippen LogP) is 3.39. The quantitative estimate of drug-likeness (QED) is 0.596. The second-order valence-electron chi connectivity index (χ2n) is 5.67. The van der Waals surface area contributed by atoms with Crippen LogP contribution < -0.4 is 9.64 Å². The lowest BCUT2D eigenvalue weighted by molar-refractivity contribution is 0.325. The molecule has 0 atom stereocenters. The Balaban J connectivity index is 1.95. The highest BCUT2D eigenvalue weighted by Gasteiger charge is 2.21. The van der Waals surface area contributed by atoms with Crippen molar-refractivity contribution in [2.24, 2.45) is 0 Å². The van der Waals surface area contributed by atoms with Crippen molar-refractivity contribution in [2.45, 2.75) is 18.7 Å². The van der Waals surface area contributed by atoms with E-state index in [1.54, 1.807) is 12.1 Å². The highest BCUT2D eigenvalue weighted by atomic mass is 79.9. The lowest BCUT2D eigenvalue weighted by Crippen LogP contribution is -2.31. The molecule has 0 saturated carbocycles. The number of hydrogen-bond donors (Lipinski definition) is 0. The maximum Gasteiger partial charge on any atom is 0.244 e. The van der Waals surface area contributed by atoms with Crippen molar-refractivity contribution in [1.82, 2.24) is 9.29 Å². The number of ether oxygens (including phenoxy) is 1. The summed E-state index contributed by atoms with van der Waals surface area (Å²) < 4.78 is 33.1. The Hall–Kier alpha value is -1.64. The third kappa shape index (κ3) is 5.18. The first-order chi connectivity index (χ1) is 12.4. The van der Waals surface area contributed by atoms with E-state index in [1.807, 2.05) is 50.1 Å². The second kappa shape index (κ2) is 9.34. The number of likely N-dealkylation sites (N-methyl/N-ethyl adjacent to an activating group) is 1. The molecule has 1 aromatic heterocycles. The van der Waals surface area contributed by atoms with E-state index in [0.717, 1.165) is 10.2 Å². The van der Waals surface area contributed by atoms with Crippen molar-refractivity contribution in [3.8, 4) is 5.75 Å². The van der Waals surface area contributed by atoms with E-state index < -0.39 is 10.0 Å². The molecule has 1 heterocycles. The number of sulfonamides is 1. The summed E-state index contributed by atoms with van der Waals surface area (Å²) in [4.78, 5) is 6.43. The van der Waals surface area contributed by atoms with Crippen LogP contribution in [0.2, 0.25) is 0 Å². The van der Waals surface area contributed by atoms with Crippen molar-refractivity contribution in [2.75, 3.05) is 38.2 Å². The minimum Gasteiger partial charge on any atom is -0.492 e. The van der Waals surface area contributed by atoms with E-state index in [0.29, 0.717) is 32.1 Å². The molecule has 0 fully saturated rings. The van der Waals surface area contributed by atoms with Gasteiger partial charge >= 0.3 is 0 Å². The SMILES string of the molecule is CCN(CC)S(=O)(=O)c1ccc(N(C)CCOc2ccc(Br)cc2)nc1. The molecule has 0 bridgehead atoms. The third-order valence-electron chi connectivity index (χ3n) is 3.96. The van der Waals surface area contributed by atoms with Gasteiger partial charge in [-0.3, -0.25) is 0 Å². The fourth-order valence-corrected chi connectivity index (χ4v) is 4.08. The number of benzene rings is 1. The van der Waals surface area contributed by atoms with Crippen LogP contribution in [0.4, 0.5) is 5.82 Å². The molecule has 8 heteroatoms. The lowest BCUT2D eigenvalue weighted by atomic mass is 10.3. The highest BCUT2D eigenvalue weighted by Crippen LogP contribution is 2.18. The molecular weight excluding hydrogens is 418 g/mol. The number of nitrogens with zero attached hydrogens (tertiary/aromatic N) is 3. The van der Waals surface area contributed by atoms with E-state index in [9.17, 15) is 8.42 Å². The lowest BCUT2D eigenvalue weighted by Gasteiger charge is -2.20. The summed E-state index contributed by atoms with van der Waals surface area (Å²) in [5.74, 6) is 1.50. The summed E-state index contributed by atoms with van der Waals surface area (Å²) >= 11 is 3.39. The van der Waals surface area contributed by atoms with Crippen LogP contribution in [-0.2, 0) is 10.0 Å². The number of halogens is 1. The van der Waals surface area contributed by atoms with Gasteiger partial charge in [0.25, 0.3) is 0 Å². The summed E-state index contributed by atoms with van der Waals surface area (Å²) in [6.45, 7) is 5.65. The molecule has 0 radical (unpaired) electrons. The molecule has 1 aromatic carbocycles. The maximum atomic E-state index is 12.5. The fourth-order valence-electron chi connectivity index (χ4n) is 2.41. The average molecular weight is 442 g/mol. The van der Waals surface area contributed by atoms with Gasteiger partial charge in [0.15, 0.2) is 0 Å². The van der Waals surface area contributed by atoms with Gasteiger partial charge in [-0.1, -0.05) is 29.8 Å². The van der Waals surface area contributed by atoms with E-state index in [1.165, 1.54) is 10.5 Å². The standard InChI is InChI=1S/C18H24BrN3O3S/c1-4-22(5-2)26(23,24)17-10-11-18(20-14-17)21(3)12-13-25-16-8-6-15(19)7-9-16/h6-11,14H,4-5,12-13H2,1-3H3. The van der Waals surface area contributed by atoms with Gasteiger partial charge in [-0.15, -0.1) is 0 Å². The average Bonchev–Trinajstić information content (AvgIpc) is 2.64. The van der Waals surface area contributed by atoms with E-state index in [2.05, 4.69) is 20.9 Å². The predicted molar refractivity (Wildman–Crippen MR) is 107 cm³/mol. The van der Waals surface area contributed by atoms with Gasteiger partial charge < -0.3 is 9.64 Å². The monoisotopic (exact) mass is 441 g/mol. The Morgan fingerprint density at radius 1 is 1.08 bits per heavy atom. The Bertz CT molecular complexity index is 791. The van der Waals surface area contributed by atoms with E-state index >= 15 is 0 Å². The Kier molecular flexibility index (Phi) is 7.43. The Labute approximate surface area is 164 Å². The minimum atomic E-state index is -3.48. The van der Waals surface area contributed by atoms with Gasteiger partial charge in [-0.25, -0.2) is 13.4 Å².